The summed E-state index contributed by atoms with van der Waals surface area (Å²) in [4.78, 5) is 12.5. The summed E-state index contributed by atoms with van der Waals surface area (Å²) in [5.41, 5.74) is 1.65. The molecule has 2 aromatic carbocycles. The number of hydrogen-bond acceptors (Lipinski definition) is 3. The van der Waals surface area contributed by atoms with Crippen LogP contribution in [0, 0.1) is 6.92 Å². The van der Waals surface area contributed by atoms with Crippen LogP contribution in [-0.2, 0) is 10.0 Å². The van der Waals surface area contributed by atoms with Crippen molar-refractivity contribution in [1.82, 2.24) is 4.31 Å². The molecule has 27 heavy (non-hydrogen) atoms. The normalized spacial score (nSPS) is 15.5. The number of amides is 1. The summed E-state index contributed by atoms with van der Waals surface area (Å²) >= 11 is 12.2. The van der Waals surface area contributed by atoms with E-state index >= 15 is 0 Å². The van der Waals surface area contributed by atoms with Crippen molar-refractivity contribution in [3.63, 3.8) is 0 Å². The predicted molar refractivity (Wildman–Crippen MR) is 108 cm³/mol. The minimum absolute atomic E-state index is 0.0411. The van der Waals surface area contributed by atoms with E-state index in [0.29, 0.717) is 23.8 Å². The maximum Gasteiger partial charge on any atom is 0.255 e. The second-order valence-corrected chi connectivity index (χ2v) is 9.25. The van der Waals surface area contributed by atoms with Crippen molar-refractivity contribution in [2.45, 2.75) is 31.1 Å². The zero-order chi connectivity index (χ0) is 19.6. The van der Waals surface area contributed by atoms with E-state index in [1.807, 2.05) is 6.92 Å². The fraction of sp³-hybridized carbons (Fsp3) is 0.316. The molecular weight excluding hydrogens is 407 g/mol. The van der Waals surface area contributed by atoms with E-state index in [2.05, 4.69) is 5.32 Å². The Hall–Kier alpha value is -1.60. The van der Waals surface area contributed by atoms with E-state index < -0.39 is 15.9 Å². The smallest absolute Gasteiger partial charge is 0.255 e. The number of anilines is 1. The molecule has 2 aromatic rings. The van der Waals surface area contributed by atoms with Crippen LogP contribution in [-0.4, -0.2) is 31.7 Å². The predicted octanol–water partition coefficient (Wildman–Crippen LogP) is 4.73. The van der Waals surface area contributed by atoms with Gasteiger partial charge >= 0.3 is 0 Å². The number of benzene rings is 2. The lowest BCUT2D eigenvalue weighted by molar-refractivity contribution is 0.102. The number of carbonyl (C=O) groups excluding carboxylic acids is 1. The molecule has 1 heterocycles. The Morgan fingerprint density at radius 1 is 1.00 bits per heavy atom. The van der Waals surface area contributed by atoms with Gasteiger partial charge in [0.2, 0.25) is 10.0 Å². The van der Waals surface area contributed by atoms with Crippen LogP contribution in [0.3, 0.4) is 0 Å². The molecule has 3 rings (SSSR count). The summed E-state index contributed by atoms with van der Waals surface area (Å²) < 4.78 is 27.3. The van der Waals surface area contributed by atoms with Crippen LogP contribution in [0.2, 0.25) is 10.0 Å². The number of piperidine rings is 1. The average Bonchev–Trinajstić information content (AvgIpc) is 2.65. The third kappa shape index (κ3) is 4.46. The molecule has 1 fully saturated rings. The molecular formula is C19H20Cl2N2O3S. The van der Waals surface area contributed by atoms with Crippen LogP contribution in [0.15, 0.2) is 41.3 Å². The quantitative estimate of drug-likeness (QED) is 0.767. The zero-order valence-electron chi connectivity index (χ0n) is 14.8. The lowest BCUT2D eigenvalue weighted by atomic mass is 10.2. The standard InChI is InChI=1S/C19H20Cl2N2O3S/c1-13-5-7-15(12-17(13)21)22-19(24)14-6-8-16(20)18(11-14)27(25,26)23-9-3-2-4-10-23/h5-8,11-12H,2-4,9-10H2,1H3,(H,22,24). The highest BCUT2D eigenvalue weighted by molar-refractivity contribution is 7.89. The third-order valence-electron chi connectivity index (χ3n) is 4.56. The van der Waals surface area contributed by atoms with Gasteiger partial charge in [-0.15, -0.1) is 0 Å². The first-order valence-electron chi connectivity index (χ1n) is 8.66. The number of rotatable bonds is 4. The maximum atomic E-state index is 12.9. The van der Waals surface area contributed by atoms with Gasteiger partial charge in [0.15, 0.2) is 0 Å². The zero-order valence-corrected chi connectivity index (χ0v) is 17.2. The second kappa shape index (κ2) is 8.19. The molecule has 1 saturated heterocycles. The van der Waals surface area contributed by atoms with Crippen LogP contribution in [0.4, 0.5) is 5.69 Å². The lowest BCUT2D eigenvalue weighted by Crippen LogP contribution is -2.35. The molecule has 1 aliphatic rings. The topological polar surface area (TPSA) is 66.5 Å². The van der Waals surface area contributed by atoms with Crippen molar-refractivity contribution in [2.24, 2.45) is 0 Å². The Balaban J connectivity index is 1.88. The first kappa shape index (κ1) is 20.1. The molecule has 144 valence electrons. The fourth-order valence-electron chi connectivity index (χ4n) is 2.96. The van der Waals surface area contributed by atoms with E-state index in [1.54, 1.807) is 18.2 Å². The van der Waals surface area contributed by atoms with Gasteiger partial charge in [0, 0.05) is 29.4 Å². The van der Waals surface area contributed by atoms with Crippen molar-refractivity contribution in [3.05, 3.63) is 57.6 Å². The Kier molecular flexibility index (Phi) is 6.11. The highest BCUT2D eigenvalue weighted by Gasteiger charge is 2.28. The number of nitrogens with zero attached hydrogens (tertiary/aromatic N) is 1. The minimum Gasteiger partial charge on any atom is -0.322 e. The van der Waals surface area contributed by atoms with Crippen molar-refractivity contribution >= 4 is 44.8 Å². The molecule has 8 heteroatoms. The summed E-state index contributed by atoms with van der Waals surface area (Å²) in [7, 11) is -3.73. The molecule has 0 aliphatic carbocycles. The van der Waals surface area contributed by atoms with E-state index in [1.165, 1.54) is 22.5 Å². The van der Waals surface area contributed by atoms with E-state index in [4.69, 9.17) is 23.2 Å². The van der Waals surface area contributed by atoms with Crippen molar-refractivity contribution in [2.75, 3.05) is 18.4 Å². The Morgan fingerprint density at radius 3 is 2.37 bits per heavy atom. The molecule has 1 N–H and O–H groups in total. The number of sulfonamides is 1. The molecule has 1 amide bonds. The monoisotopic (exact) mass is 426 g/mol. The number of carbonyl (C=O) groups is 1. The highest BCUT2D eigenvalue weighted by Crippen LogP contribution is 2.28. The van der Waals surface area contributed by atoms with Gasteiger partial charge in [0.05, 0.1) is 5.02 Å². The summed E-state index contributed by atoms with van der Waals surface area (Å²) in [6, 6.07) is 9.46. The minimum atomic E-state index is -3.73. The molecule has 0 saturated carbocycles. The first-order valence-corrected chi connectivity index (χ1v) is 10.9. The Labute approximate surface area is 169 Å². The largest absolute Gasteiger partial charge is 0.322 e. The van der Waals surface area contributed by atoms with Gasteiger partial charge < -0.3 is 5.32 Å². The molecule has 0 spiro atoms. The van der Waals surface area contributed by atoms with Crippen LogP contribution >= 0.6 is 23.2 Å². The fourth-order valence-corrected chi connectivity index (χ4v) is 5.16. The first-order chi connectivity index (χ1) is 12.8. The summed E-state index contributed by atoms with van der Waals surface area (Å²) in [5, 5.41) is 3.38. The van der Waals surface area contributed by atoms with Gasteiger partial charge in [-0.1, -0.05) is 35.7 Å². The lowest BCUT2D eigenvalue weighted by Gasteiger charge is -2.26. The number of nitrogens with one attached hydrogen (secondary N) is 1. The van der Waals surface area contributed by atoms with Crippen molar-refractivity contribution in [1.29, 1.82) is 0 Å². The Bertz CT molecular complexity index is 971. The van der Waals surface area contributed by atoms with E-state index in [0.717, 1.165) is 24.8 Å². The second-order valence-electron chi connectivity index (χ2n) is 6.53. The van der Waals surface area contributed by atoms with Gasteiger partial charge in [0.1, 0.15) is 4.90 Å². The average molecular weight is 427 g/mol. The maximum absolute atomic E-state index is 12.9. The van der Waals surface area contributed by atoms with Gasteiger partial charge in [-0.2, -0.15) is 4.31 Å². The molecule has 0 bridgehead atoms. The van der Waals surface area contributed by atoms with Crippen LogP contribution in [0.25, 0.3) is 0 Å². The molecule has 1 aliphatic heterocycles. The van der Waals surface area contributed by atoms with Gasteiger partial charge in [-0.3, -0.25) is 4.79 Å². The van der Waals surface area contributed by atoms with Gasteiger partial charge in [-0.05, 0) is 55.7 Å². The van der Waals surface area contributed by atoms with Crippen LogP contribution < -0.4 is 5.32 Å². The van der Waals surface area contributed by atoms with E-state index in [9.17, 15) is 13.2 Å². The van der Waals surface area contributed by atoms with Crippen LogP contribution in [0.5, 0.6) is 0 Å². The van der Waals surface area contributed by atoms with E-state index in [-0.39, 0.29) is 15.5 Å². The van der Waals surface area contributed by atoms with Gasteiger partial charge in [-0.25, -0.2) is 8.42 Å². The molecule has 0 radical (unpaired) electrons. The molecule has 0 aromatic heterocycles. The number of aryl methyl sites for hydroxylation is 1. The molecule has 0 atom stereocenters. The SMILES string of the molecule is Cc1ccc(NC(=O)c2ccc(Cl)c(S(=O)(=O)N3CCCCC3)c2)cc1Cl. The van der Waals surface area contributed by atoms with Gasteiger partial charge in [0.25, 0.3) is 5.91 Å². The summed E-state index contributed by atoms with van der Waals surface area (Å²) in [5.74, 6) is -0.429. The Morgan fingerprint density at radius 2 is 1.70 bits per heavy atom. The summed E-state index contributed by atoms with van der Waals surface area (Å²) in [6.07, 6.45) is 2.66. The summed E-state index contributed by atoms with van der Waals surface area (Å²) in [6.45, 7) is 2.80. The van der Waals surface area contributed by atoms with Crippen molar-refractivity contribution < 1.29 is 13.2 Å². The molecule has 5 nitrogen and oxygen atoms in total. The number of halogens is 2. The number of hydrogen-bond donors (Lipinski definition) is 1. The third-order valence-corrected chi connectivity index (χ3v) is 7.34. The van der Waals surface area contributed by atoms with Crippen LogP contribution in [0.1, 0.15) is 35.2 Å². The highest BCUT2D eigenvalue weighted by atomic mass is 35.5. The van der Waals surface area contributed by atoms with Crippen molar-refractivity contribution in [3.8, 4) is 0 Å². The molecule has 0 unspecified atom stereocenters.